The van der Waals surface area contributed by atoms with E-state index in [1.54, 1.807) is 7.11 Å². The van der Waals surface area contributed by atoms with Crippen LogP contribution < -0.4 is 16.4 Å². The fraction of sp³-hybridized carbons (Fsp3) is 0.727. The van der Waals surface area contributed by atoms with Crippen molar-refractivity contribution in [3.05, 3.63) is 35.9 Å². The predicted molar refractivity (Wildman–Crippen MR) is 221 cm³/mol. The number of rotatable bonds is 22. The van der Waals surface area contributed by atoms with Crippen molar-refractivity contribution in [1.29, 1.82) is 5.41 Å². The Morgan fingerprint density at radius 1 is 0.982 bits per heavy atom. The minimum Gasteiger partial charge on any atom is -0.384 e. The first-order valence-corrected chi connectivity index (χ1v) is 21.7. The number of carbonyl (C=O) groups excluding carboxylic acids is 2. The summed E-state index contributed by atoms with van der Waals surface area (Å²) in [5.41, 5.74) is 7.84. The zero-order valence-corrected chi connectivity index (χ0v) is 34.4. The number of amides is 2. The van der Waals surface area contributed by atoms with Gasteiger partial charge in [-0.05, 0) is 82.9 Å². The first kappa shape index (κ1) is 44.7. The number of nitrogens with zero attached hydrogens (tertiary/aromatic N) is 4. The molecule has 4 atom stereocenters. The van der Waals surface area contributed by atoms with Crippen LogP contribution in [-0.2, 0) is 14.3 Å². The maximum Gasteiger partial charge on any atom is 0.248 e. The zero-order chi connectivity index (χ0) is 40.6. The van der Waals surface area contributed by atoms with Crippen LogP contribution in [0.15, 0.2) is 30.3 Å². The smallest absolute Gasteiger partial charge is 0.248 e. The molecule has 3 unspecified atom stereocenters. The minimum atomic E-state index is -2.68. The number of terminal acetylenes is 1. The Hall–Kier alpha value is -3.44. The van der Waals surface area contributed by atoms with Gasteiger partial charge < -0.3 is 30.9 Å². The number of fused-ring (bicyclic) bond motifs is 2. The zero-order valence-electron chi connectivity index (χ0n) is 34.4. The number of piperazine rings is 1. The van der Waals surface area contributed by atoms with Crippen molar-refractivity contribution in [3.63, 3.8) is 0 Å². The minimum absolute atomic E-state index is 0.0354. The summed E-state index contributed by atoms with van der Waals surface area (Å²) >= 11 is 0. The highest BCUT2D eigenvalue weighted by Gasteiger charge is 2.50. The highest BCUT2D eigenvalue weighted by molar-refractivity contribution is 5.84. The molecule has 2 amide bonds. The number of nitrogens with two attached hydrogens (primary N) is 1. The Morgan fingerprint density at radius 3 is 2.37 bits per heavy atom. The molecule has 57 heavy (non-hydrogen) atoms. The molecule has 13 heteroatoms. The Labute approximate surface area is 340 Å². The number of ether oxygens (including phenoxy) is 1. The van der Waals surface area contributed by atoms with Gasteiger partial charge in [-0.3, -0.25) is 14.5 Å². The number of benzene rings is 1. The summed E-state index contributed by atoms with van der Waals surface area (Å²) in [5, 5.41) is 15.4. The molecular weight excluding hydrogens is 727 g/mol. The number of alkyl halides is 2. The molecule has 1 saturated carbocycles. The van der Waals surface area contributed by atoms with Gasteiger partial charge in [-0.1, -0.05) is 30.3 Å². The lowest BCUT2D eigenvalue weighted by molar-refractivity contribution is -0.465. The van der Waals surface area contributed by atoms with Crippen molar-refractivity contribution in [2.45, 2.75) is 133 Å². The Bertz CT molecular complexity index is 1500. The normalized spacial score (nSPS) is 23.8. The van der Waals surface area contributed by atoms with Crippen LogP contribution in [0.1, 0.15) is 114 Å². The topological polar surface area (TPSA) is 130 Å². The van der Waals surface area contributed by atoms with Crippen LogP contribution >= 0.6 is 0 Å². The van der Waals surface area contributed by atoms with Gasteiger partial charge >= 0.3 is 0 Å². The van der Waals surface area contributed by atoms with E-state index < -0.39 is 11.8 Å². The highest BCUT2D eigenvalue weighted by atomic mass is 19.3. The van der Waals surface area contributed by atoms with Gasteiger partial charge in [0.15, 0.2) is 5.84 Å². The van der Waals surface area contributed by atoms with E-state index in [0.29, 0.717) is 63.0 Å². The van der Waals surface area contributed by atoms with Gasteiger partial charge in [0.05, 0.1) is 25.1 Å². The van der Waals surface area contributed by atoms with Crippen molar-refractivity contribution >= 4 is 23.5 Å². The number of nitrogens with one attached hydrogen (secondary N) is 3. The van der Waals surface area contributed by atoms with Crippen LogP contribution in [0.3, 0.4) is 0 Å². The maximum atomic E-state index is 13.8. The second-order valence-corrected chi connectivity index (χ2v) is 16.7. The summed E-state index contributed by atoms with van der Waals surface area (Å²) in [6.45, 7) is 8.25. The fourth-order valence-corrected chi connectivity index (χ4v) is 9.45. The largest absolute Gasteiger partial charge is 0.384 e. The van der Waals surface area contributed by atoms with Crippen molar-refractivity contribution in [2.24, 2.45) is 11.7 Å². The average Bonchev–Trinajstić information content (AvgIpc) is 3.76. The van der Waals surface area contributed by atoms with Crippen LogP contribution in [-0.4, -0.2) is 133 Å². The van der Waals surface area contributed by atoms with E-state index >= 15 is 0 Å². The molecule has 4 aliphatic rings. The molecule has 0 spiro atoms. The van der Waals surface area contributed by atoms with Gasteiger partial charge in [0.2, 0.25) is 23.6 Å². The molecule has 11 nitrogen and oxygen atoms in total. The van der Waals surface area contributed by atoms with Gasteiger partial charge in [0, 0.05) is 96.5 Å². The summed E-state index contributed by atoms with van der Waals surface area (Å²) in [6.07, 6.45) is 15.0. The molecule has 5 rings (SSSR count). The molecule has 3 saturated heterocycles. The first-order valence-electron chi connectivity index (χ1n) is 21.7. The standard InChI is InChI=1S/C44H68F2N8O3/c1-3-4-5-9-25-51-28-30-52(31-29-51)26-11-24-49-42(55)15-10-14-40(47)54(41(48)21-32-57-2)39-33-36-16-17-38(39)53(36)27-20-37(34-12-7-6-8-13-34)50-43(56)35-18-22-44(45,46)23-19-35/h1,6-8,12-13,35-39,47-48H,4-5,9-11,14-33H2,2H3,(H2,49,50,55,56)/p+1/t36?,37-,38?,39?/m0/s1. The number of carbonyl (C=O) groups is 2. The lowest BCUT2D eigenvalue weighted by atomic mass is 9.86. The fourth-order valence-electron chi connectivity index (χ4n) is 9.45. The second kappa shape index (κ2) is 22.6. The number of methoxy groups -OCH3 is 1. The lowest BCUT2D eigenvalue weighted by Crippen LogP contribution is -2.47. The summed E-state index contributed by atoms with van der Waals surface area (Å²) in [5.74, 6) is 0.618. The van der Waals surface area contributed by atoms with Gasteiger partial charge in [-0.2, -0.15) is 5.41 Å². The molecule has 3 heterocycles. The van der Waals surface area contributed by atoms with E-state index in [0.717, 1.165) is 96.3 Å². The summed E-state index contributed by atoms with van der Waals surface area (Å²) in [4.78, 5) is 33.7. The lowest BCUT2D eigenvalue weighted by Gasteiger charge is -2.34. The molecule has 0 radical (unpaired) electrons. The summed E-state index contributed by atoms with van der Waals surface area (Å²) in [6, 6.07) is 10.3. The van der Waals surface area contributed by atoms with E-state index in [1.807, 2.05) is 34.9 Å². The second-order valence-electron chi connectivity index (χ2n) is 16.7. The van der Waals surface area contributed by atoms with E-state index in [-0.39, 0.29) is 55.6 Å². The molecule has 0 aromatic heterocycles. The number of unbranched alkanes of at least 4 members (excludes halogenated alkanes) is 2. The van der Waals surface area contributed by atoms with Gasteiger partial charge in [0.1, 0.15) is 0 Å². The molecule has 2 bridgehead atoms. The number of halogens is 2. The van der Waals surface area contributed by atoms with Gasteiger partial charge in [-0.15, -0.1) is 12.3 Å². The molecule has 1 aliphatic carbocycles. The Morgan fingerprint density at radius 2 is 1.68 bits per heavy atom. The highest BCUT2D eigenvalue weighted by Crippen LogP contribution is 2.41. The summed E-state index contributed by atoms with van der Waals surface area (Å²) < 4.78 is 35.0. The quantitative estimate of drug-likeness (QED) is 0.0421. The van der Waals surface area contributed by atoms with Crippen LogP contribution in [0, 0.1) is 23.7 Å². The third-order valence-electron chi connectivity index (χ3n) is 12.7. The van der Waals surface area contributed by atoms with Crippen molar-refractivity contribution in [3.8, 4) is 12.3 Å². The van der Waals surface area contributed by atoms with E-state index in [9.17, 15) is 18.4 Å². The third-order valence-corrected chi connectivity index (χ3v) is 12.7. The van der Waals surface area contributed by atoms with Crippen molar-refractivity contribution < 1.29 is 27.7 Å². The van der Waals surface area contributed by atoms with E-state index in [1.165, 1.54) is 0 Å². The van der Waals surface area contributed by atoms with Crippen LogP contribution in [0.25, 0.3) is 0 Å². The number of amidine groups is 2. The number of hydrogen-bond acceptors (Lipinski definition) is 7. The SMILES string of the molecule is C#CCCCCN1CCN(CCCNC(=O)CCCC(N)=[N+](C(=N)CCOC)C2CC3CCC2N3CC[C@H](NC(=O)C2CCC(F)(F)CC2)c2ccccc2)CC1. The van der Waals surface area contributed by atoms with Crippen LogP contribution in [0.2, 0.25) is 0 Å². The third kappa shape index (κ3) is 13.6. The Kier molecular flexibility index (Phi) is 17.7. The molecule has 5 N–H and O–H groups in total. The predicted octanol–water partition coefficient (Wildman–Crippen LogP) is 5.15. The maximum absolute atomic E-state index is 13.8. The molecular formula is C44H69F2N8O3+. The molecule has 3 aliphatic heterocycles. The van der Waals surface area contributed by atoms with Crippen molar-refractivity contribution in [2.75, 3.05) is 66.1 Å². The molecule has 316 valence electrons. The average molecular weight is 796 g/mol. The molecule has 1 aromatic rings. The molecule has 1 aromatic carbocycles. The van der Waals surface area contributed by atoms with E-state index in [2.05, 4.69) is 31.3 Å². The number of hydrogen-bond donors (Lipinski definition) is 4. The Balaban J connectivity index is 1.10. The van der Waals surface area contributed by atoms with Crippen LogP contribution in [0.4, 0.5) is 8.78 Å². The monoisotopic (exact) mass is 796 g/mol. The summed E-state index contributed by atoms with van der Waals surface area (Å²) in [7, 11) is 1.64. The van der Waals surface area contributed by atoms with Crippen LogP contribution in [0.5, 0.6) is 0 Å². The van der Waals surface area contributed by atoms with Gasteiger partial charge in [-0.25, -0.2) is 13.4 Å². The van der Waals surface area contributed by atoms with E-state index in [4.69, 9.17) is 22.3 Å². The first-order chi connectivity index (χ1) is 27.6. The molecule has 4 fully saturated rings. The van der Waals surface area contributed by atoms with Gasteiger partial charge in [0.25, 0.3) is 0 Å². The van der Waals surface area contributed by atoms with Crippen molar-refractivity contribution in [1.82, 2.24) is 25.3 Å².